The van der Waals surface area contributed by atoms with Crippen LogP contribution in [0.25, 0.3) is 0 Å². The van der Waals surface area contributed by atoms with Crippen molar-refractivity contribution in [3.05, 3.63) is 0 Å². The van der Waals surface area contributed by atoms with Crippen molar-refractivity contribution in [3.8, 4) is 0 Å². The average molecular weight is 220 g/mol. The maximum Gasteiger partial charge on any atom is 0.00718 e. The van der Waals surface area contributed by atoms with E-state index in [1.807, 2.05) is 0 Å². The van der Waals surface area contributed by atoms with E-state index in [-0.39, 0.29) is 0 Å². The van der Waals surface area contributed by atoms with E-state index in [9.17, 15) is 0 Å². The summed E-state index contributed by atoms with van der Waals surface area (Å²) in [5.74, 6) is 0.912. The van der Waals surface area contributed by atoms with Gasteiger partial charge in [-0.25, -0.2) is 0 Å². The third-order valence-corrected chi connectivity index (χ3v) is 3.28. The molecule has 1 aliphatic heterocycles. The van der Waals surface area contributed by atoms with E-state index in [0.717, 1.165) is 5.92 Å². The average Bonchev–Trinajstić information content (AvgIpc) is 2.06. The molecule has 0 aromatic heterocycles. The molecular formula is C9H18BrN. The number of hydrogen-bond acceptors (Lipinski definition) is 1. The molecule has 0 N–H and O–H groups in total. The number of rotatable bonds is 3. The SMILES string of the molecule is CCCN1CCCC(CBr)C1. The number of halogens is 1. The lowest BCUT2D eigenvalue weighted by Crippen LogP contribution is -2.36. The first-order valence-corrected chi connectivity index (χ1v) is 5.77. The van der Waals surface area contributed by atoms with Crippen LogP contribution >= 0.6 is 15.9 Å². The van der Waals surface area contributed by atoms with Crippen LogP contribution in [0.4, 0.5) is 0 Å². The van der Waals surface area contributed by atoms with Crippen LogP contribution in [0.1, 0.15) is 26.2 Å². The minimum atomic E-state index is 0.912. The molecular weight excluding hydrogens is 202 g/mol. The van der Waals surface area contributed by atoms with Gasteiger partial charge in [0.05, 0.1) is 0 Å². The van der Waals surface area contributed by atoms with E-state index in [1.165, 1.54) is 44.2 Å². The normalized spacial score (nSPS) is 27.3. The molecule has 0 aromatic rings. The van der Waals surface area contributed by atoms with E-state index in [1.54, 1.807) is 0 Å². The Morgan fingerprint density at radius 3 is 3.00 bits per heavy atom. The van der Waals surface area contributed by atoms with Crippen LogP contribution in [0.3, 0.4) is 0 Å². The zero-order valence-electron chi connectivity index (χ0n) is 7.35. The molecule has 0 aliphatic carbocycles. The monoisotopic (exact) mass is 219 g/mol. The van der Waals surface area contributed by atoms with Crippen LogP contribution in [0.2, 0.25) is 0 Å². The van der Waals surface area contributed by atoms with Crippen molar-refractivity contribution < 1.29 is 0 Å². The van der Waals surface area contributed by atoms with Gasteiger partial charge in [-0.2, -0.15) is 0 Å². The standard InChI is InChI=1S/C9H18BrN/c1-2-5-11-6-3-4-9(7-10)8-11/h9H,2-8H2,1H3. The van der Waals surface area contributed by atoms with Crippen LogP contribution in [0.15, 0.2) is 0 Å². The van der Waals surface area contributed by atoms with Crippen molar-refractivity contribution in [2.45, 2.75) is 26.2 Å². The van der Waals surface area contributed by atoms with Crippen molar-refractivity contribution in [3.63, 3.8) is 0 Å². The molecule has 2 heteroatoms. The van der Waals surface area contributed by atoms with E-state index in [2.05, 4.69) is 27.8 Å². The van der Waals surface area contributed by atoms with Crippen molar-refractivity contribution in [1.82, 2.24) is 4.90 Å². The van der Waals surface area contributed by atoms with Gasteiger partial charge >= 0.3 is 0 Å². The molecule has 0 bridgehead atoms. The lowest BCUT2D eigenvalue weighted by Gasteiger charge is -2.31. The first kappa shape index (κ1) is 9.53. The molecule has 0 radical (unpaired) electrons. The predicted octanol–water partition coefficient (Wildman–Crippen LogP) is 2.50. The van der Waals surface area contributed by atoms with Gasteiger partial charge in [-0.3, -0.25) is 0 Å². The smallest absolute Gasteiger partial charge is 0.00718 e. The number of alkyl halides is 1. The van der Waals surface area contributed by atoms with E-state index < -0.39 is 0 Å². The summed E-state index contributed by atoms with van der Waals surface area (Å²) in [7, 11) is 0. The van der Waals surface area contributed by atoms with Crippen molar-refractivity contribution in [2.24, 2.45) is 5.92 Å². The zero-order chi connectivity index (χ0) is 8.10. The topological polar surface area (TPSA) is 3.24 Å². The summed E-state index contributed by atoms with van der Waals surface area (Å²) in [5, 5.41) is 1.19. The number of hydrogen-bond donors (Lipinski definition) is 0. The highest BCUT2D eigenvalue weighted by Crippen LogP contribution is 2.17. The second kappa shape index (κ2) is 5.15. The van der Waals surface area contributed by atoms with Gasteiger partial charge in [-0.1, -0.05) is 22.9 Å². The molecule has 0 saturated carbocycles. The quantitative estimate of drug-likeness (QED) is 0.660. The fourth-order valence-electron chi connectivity index (χ4n) is 1.80. The van der Waals surface area contributed by atoms with Gasteiger partial charge in [-0.15, -0.1) is 0 Å². The molecule has 1 aliphatic rings. The fraction of sp³-hybridized carbons (Fsp3) is 1.00. The van der Waals surface area contributed by atoms with Crippen LogP contribution in [-0.2, 0) is 0 Å². The highest BCUT2D eigenvalue weighted by molar-refractivity contribution is 9.09. The van der Waals surface area contributed by atoms with E-state index in [4.69, 9.17) is 0 Å². The molecule has 1 saturated heterocycles. The lowest BCUT2D eigenvalue weighted by atomic mass is 10.0. The lowest BCUT2D eigenvalue weighted by molar-refractivity contribution is 0.187. The summed E-state index contributed by atoms with van der Waals surface area (Å²) < 4.78 is 0. The summed E-state index contributed by atoms with van der Waals surface area (Å²) in [6, 6.07) is 0. The Hall–Kier alpha value is 0.440. The number of likely N-dealkylation sites (tertiary alicyclic amines) is 1. The second-order valence-corrected chi connectivity index (χ2v) is 4.11. The van der Waals surface area contributed by atoms with E-state index in [0.29, 0.717) is 0 Å². The maximum atomic E-state index is 3.56. The molecule has 0 spiro atoms. The summed E-state index contributed by atoms with van der Waals surface area (Å²) in [5.41, 5.74) is 0. The van der Waals surface area contributed by atoms with Crippen LogP contribution < -0.4 is 0 Å². The molecule has 1 unspecified atom stereocenters. The van der Waals surface area contributed by atoms with Crippen molar-refractivity contribution >= 4 is 15.9 Å². The number of piperidine rings is 1. The van der Waals surface area contributed by atoms with Crippen LogP contribution in [-0.4, -0.2) is 29.9 Å². The molecule has 1 rings (SSSR count). The maximum absolute atomic E-state index is 3.56. The third-order valence-electron chi connectivity index (χ3n) is 2.36. The summed E-state index contributed by atoms with van der Waals surface area (Å²) in [6.45, 7) is 6.21. The Kier molecular flexibility index (Phi) is 4.46. The minimum absolute atomic E-state index is 0.912. The van der Waals surface area contributed by atoms with Gasteiger partial charge in [-0.05, 0) is 38.3 Å². The Bertz CT molecular complexity index is 104. The molecule has 0 amide bonds. The Labute approximate surface area is 78.3 Å². The predicted molar refractivity (Wildman–Crippen MR) is 53.2 cm³/mol. The Balaban J connectivity index is 2.21. The van der Waals surface area contributed by atoms with Gasteiger partial charge in [0.25, 0.3) is 0 Å². The minimum Gasteiger partial charge on any atom is -0.303 e. The van der Waals surface area contributed by atoms with Gasteiger partial charge < -0.3 is 4.90 Å². The highest BCUT2D eigenvalue weighted by atomic mass is 79.9. The van der Waals surface area contributed by atoms with Gasteiger partial charge in [0.2, 0.25) is 0 Å². The van der Waals surface area contributed by atoms with E-state index >= 15 is 0 Å². The Morgan fingerprint density at radius 1 is 1.55 bits per heavy atom. The molecule has 1 atom stereocenters. The highest BCUT2D eigenvalue weighted by Gasteiger charge is 2.17. The molecule has 0 aromatic carbocycles. The summed E-state index contributed by atoms with van der Waals surface area (Å²) in [4.78, 5) is 2.59. The summed E-state index contributed by atoms with van der Waals surface area (Å²) >= 11 is 3.56. The summed E-state index contributed by atoms with van der Waals surface area (Å²) in [6.07, 6.45) is 4.12. The van der Waals surface area contributed by atoms with Gasteiger partial charge in [0, 0.05) is 11.9 Å². The third kappa shape index (κ3) is 3.12. The van der Waals surface area contributed by atoms with Gasteiger partial charge in [0.1, 0.15) is 0 Å². The van der Waals surface area contributed by atoms with Crippen LogP contribution in [0, 0.1) is 5.92 Å². The van der Waals surface area contributed by atoms with Crippen LogP contribution in [0.5, 0.6) is 0 Å². The molecule has 1 nitrogen and oxygen atoms in total. The zero-order valence-corrected chi connectivity index (χ0v) is 8.94. The molecule has 1 heterocycles. The van der Waals surface area contributed by atoms with Crippen molar-refractivity contribution in [1.29, 1.82) is 0 Å². The largest absolute Gasteiger partial charge is 0.303 e. The first-order valence-electron chi connectivity index (χ1n) is 4.65. The molecule has 11 heavy (non-hydrogen) atoms. The molecule has 1 fully saturated rings. The Morgan fingerprint density at radius 2 is 2.36 bits per heavy atom. The first-order chi connectivity index (χ1) is 5.36. The fourth-order valence-corrected chi connectivity index (χ4v) is 2.33. The second-order valence-electron chi connectivity index (χ2n) is 3.46. The van der Waals surface area contributed by atoms with Gasteiger partial charge in [0.15, 0.2) is 0 Å². The van der Waals surface area contributed by atoms with Crippen molar-refractivity contribution in [2.75, 3.05) is 25.0 Å². The molecule has 66 valence electrons. The number of nitrogens with zero attached hydrogens (tertiary/aromatic N) is 1.